The molecule has 4 aliphatic carbocycles. The molecule has 9 rings (SSSR count). The Bertz CT molecular complexity index is 1630. The van der Waals surface area contributed by atoms with E-state index in [9.17, 15) is 22.8 Å². The van der Waals surface area contributed by atoms with Gasteiger partial charge in [0.2, 0.25) is 0 Å². The van der Waals surface area contributed by atoms with Gasteiger partial charge < -0.3 is 23.6 Å². The number of thiazole rings is 1. The third kappa shape index (κ3) is 5.14. The molecule has 2 aliphatic heterocycles. The quantitative estimate of drug-likeness (QED) is 0.243. The van der Waals surface area contributed by atoms with Gasteiger partial charge in [0.05, 0.1) is 17.4 Å². The zero-order chi connectivity index (χ0) is 31.1. The van der Waals surface area contributed by atoms with Crippen LogP contribution in [0.25, 0.3) is 10.2 Å². The molecule has 2 aromatic heterocycles. The summed E-state index contributed by atoms with van der Waals surface area (Å²) in [6.45, 7) is 0. The summed E-state index contributed by atoms with van der Waals surface area (Å²) in [5.41, 5.74) is 1.27. The molecule has 0 spiro atoms. The number of hydrogen-bond donors (Lipinski definition) is 0. The number of methoxy groups -OCH3 is 1. The molecular weight excluding hydrogens is 611 g/mol. The predicted molar refractivity (Wildman–Crippen MR) is 157 cm³/mol. The number of carbonyl (C=O) groups excluding carboxylic acids is 2. The van der Waals surface area contributed by atoms with Crippen molar-refractivity contribution in [1.29, 1.82) is 0 Å². The van der Waals surface area contributed by atoms with Crippen LogP contribution in [-0.2, 0) is 14.9 Å². The maximum Gasteiger partial charge on any atom is 0.573 e. The van der Waals surface area contributed by atoms with Crippen LogP contribution >= 0.6 is 11.3 Å². The monoisotopic (exact) mass is 645 g/mol. The number of fused-ring (bicyclic) bond motifs is 6. The second-order valence-electron chi connectivity index (χ2n) is 13.5. The molecule has 3 atom stereocenters. The summed E-state index contributed by atoms with van der Waals surface area (Å²) >= 11 is 1.21. The first kappa shape index (κ1) is 29.1. The van der Waals surface area contributed by atoms with E-state index >= 15 is 0 Å². The summed E-state index contributed by atoms with van der Waals surface area (Å²) in [6, 6.07) is 2.50. The number of aromatic nitrogens is 2. The Hall–Kier alpha value is -3.35. The molecule has 4 bridgehead atoms. The number of piperidine rings is 1. The SMILES string of the molecule is COC(=O)c1cc(OC(F)(F)F)c2nc(N3[C@@H]4CC[C@H]3C[C@@H](OC(=O)c3c(C56CCC(CC5)CC6)noc3C3CC3)C4)sc2c1. The highest BCUT2D eigenvalue weighted by Gasteiger charge is 2.49. The number of rotatable bonds is 7. The van der Waals surface area contributed by atoms with Gasteiger partial charge in [0.15, 0.2) is 16.6 Å². The van der Waals surface area contributed by atoms with Gasteiger partial charge in [-0.15, -0.1) is 13.2 Å². The number of alkyl halides is 3. The fourth-order valence-corrected chi connectivity index (χ4v) is 9.54. The number of carbonyl (C=O) groups is 2. The van der Waals surface area contributed by atoms with Gasteiger partial charge in [0.1, 0.15) is 22.9 Å². The van der Waals surface area contributed by atoms with E-state index < -0.39 is 18.1 Å². The second kappa shape index (κ2) is 10.6. The topological polar surface area (TPSA) is 104 Å². The smallest absolute Gasteiger partial charge is 0.465 e. The first-order chi connectivity index (χ1) is 21.6. The Balaban J connectivity index is 1.04. The molecule has 0 N–H and O–H groups in total. The van der Waals surface area contributed by atoms with Crippen molar-refractivity contribution in [2.45, 2.75) is 113 Å². The number of benzene rings is 1. The maximum atomic E-state index is 13.9. The lowest BCUT2D eigenvalue weighted by atomic mass is 9.59. The zero-order valence-corrected chi connectivity index (χ0v) is 25.7. The molecule has 0 amide bonds. The van der Waals surface area contributed by atoms with Crippen LogP contribution in [0.4, 0.5) is 18.3 Å². The number of nitrogens with zero attached hydrogens (tertiary/aromatic N) is 3. The van der Waals surface area contributed by atoms with Crippen molar-refractivity contribution in [2.24, 2.45) is 5.92 Å². The lowest BCUT2D eigenvalue weighted by Crippen LogP contribution is -2.46. The van der Waals surface area contributed by atoms with Gasteiger partial charge in [-0.1, -0.05) is 16.5 Å². The highest BCUT2D eigenvalue weighted by molar-refractivity contribution is 7.22. The van der Waals surface area contributed by atoms with Crippen molar-refractivity contribution in [2.75, 3.05) is 12.0 Å². The maximum absolute atomic E-state index is 13.9. The molecule has 1 aromatic carbocycles. The Morgan fingerprint density at radius 1 is 1.00 bits per heavy atom. The Morgan fingerprint density at radius 3 is 2.31 bits per heavy atom. The molecule has 0 radical (unpaired) electrons. The first-order valence-corrected chi connectivity index (χ1v) is 16.7. The van der Waals surface area contributed by atoms with Gasteiger partial charge >= 0.3 is 18.3 Å². The van der Waals surface area contributed by atoms with Gasteiger partial charge in [0, 0.05) is 36.3 Å². The number of hydrogen-bond acceptors (Lipinski definition) is 10. The minimum absolute atomic E-state index is 0.00578. The minimum Gasteiger partial charge on any atom is -0.465 e. The van der Waals surface area contributed by atoms with Crippen molar-refractivity contribution in [3.05, 3.63) is 34.7 Å². The van der Waals surface area contributed by atoms with Crippen LogP contribution in [0, 0.1) is 5.92 Å². The summed E-state index contributed by atoms with van der Waals surface area (Å²) in [4.78, 5) is 32.8. The van der Waals surface area contributed by atoms with E-state index in [2.05, 4.69) is 19.8 Å². The van der Waals surface area contributed by atoms with Crippen LogP contribution in [0.5, 0.6) is 5.75 Å². The van der Waals surface area contributed by atoms with E-state index in [1.165, 1.54) is 43.8 Å². The van der Waals surface area contributed by atoms with Gasteiger partial charge in [-0.3, -0.25) is 0 Å². The average Bonchev–Trinajstić information content (AvgIpc) is 3.50. The molecule has 13 heteroatoms. The largest absolute Gasteiger partial charge is 0.573 e. The molecule has 4 heterocycles. The van der Waals surface area contributed by atoms with Gasteiger partial charge in [-0.05, 0) is 82.3 Å². The lowest BCUT2D eigenvalue weighted by Gasteiger charge is -2.45. The van der Waals surface area contributed by atoms with E-state index in [0.29, 0.717) is 34.0 Å². The van der Waals surface area contributed by atoms with Crippen LogP contribution < -0.4 is 9.64 Å². The molecular formula is C32H34F3N3O6S. The Kier molecular flexibility index (Phi) is 6.85. The highest BCUT2D eigenvalue weighted by Crippen LogP contribution is 2.54. The van der Waals surface area contributed by atoms with Crippen LogP contribution in [0.15, 0.2) is 16.7 Å². The first-order valence-electron chi connectivity index (χ1n) is 15.9. The molecule has 0 unspecified atom stereocenters. The van der Waals surface area contributed by atoms with E-state index in [1.54, 1.807) is 0 Å². The molecule has 6 fully saturated rings. The number of halogens is 3. The van der Waals surface area contributed by atoms with Crippen molar-refractivity contribution in [3.63, 3.8) is 0 Å². The van der Waals surface area contributed by atoms with E-state index in [0.717, 1.165) is 62.6 Å². The lowest BCUT2D eigenvalue weighted by molar-refractivity contribution is -0.274. The Morgan fingerprint density at radius 2 is 1.69 bits per heavy atom. The van der Waals surface area contributed by atoms with E-state index in [4.69, 9.17) is 14.0 Å². The minimum atomic E-state index is -4.95. The number of esters is 2. The molecule has 4 saturated carbocycles. The van der Waals surface area contributed by atoms with Gasteiger partial charge in [-0.2, -0.15) is 0 Å². The van der Waals surface area contributed by atoms with Crippen molar-refractivity contribution >= 4 is 38.6 Å². The van der Waals surface area contributed by atoms with E-state index in [1.807, 2.05) is 0 Å². The summed E-state index contributed by atoms with van der Waals surface area (Å²) in [7, 11) is 1.17. The third-order valence-electron chi connectivity index (χ3n) is 10.7. The zero-order valence-electron chi connectivity index (χ0n) is 24.9. The molecule has 9 nitrogen and oxygen atoms in total. The van der Waals surface area contributed by atoms with Gasteiger partial charge in [-0.25, -0.2) is 14.6 Å². The standard InChI is InChI=1S/C32H34F3N3O6S/c1-41-28(39)18-12-22(43-32(33,34)35)25-23(13-18)45-30(36-25)38-19-4-5-20(38)15-21(14-19)42-29(40)24-26(17-2-3-17)44-37-27(24)31-9-6-16(7-10-31)8-11-31/h12-13,16-17,19-21H,2-11,14-15H2,1H3/t16?,19-,20+,21+,31?. The van der Waals surface area contributed by atoms with Crippen molar-refractivity contribution in [3.8, 4) is 5.75 Å². The average molecular weight is 646 g/mol. The summed E-state index contributed by atoms with van der Waals surface area (Å²) in [5.74, 6) is 0.0616. The number of ether oxygens (including phenoxy) is 3. The molecule has 45 heavy (non-hydrogen) atoms. The molecule has 2 saturated heterocycles. The van der Waals surface area contributed by atoms with Crippen molar-refractivity contribution < 1.29 is 41.5 Å². The second-order valence-corrected chi connectivity index (χ2v) is 14.5. The summed E-state index contributed by atoms with van der Waals surface area (Å²) in [5, 5.41) is 5.10. The fourth-order valence-electron chi connectivity index (χ4n) is 8.37. The van der Waals surface area contributed by atoms with Crippen LogP contribution in [0.2, 0.25) is 0 Å². The third-order valence-corrected chi connectivity index (χ3v) is 11.8. The number of anilines is 1. The van der Waals surface area contributed by atoms with Crippen molar-refractivity contribution in [1.82, 2.24) is 10.1 Å². The van der Waals surface area contributed by atoms with Gasteiger partial charge in [0.25, 0.3) is 0 Å². The Labute approximate surface area is 261 Å². The van der Waals surface area contributed by atoms with Crippen LogP contribution in [0.1, 0.15) is 115 Å². The van der Waals surface area contributed by atoms with Crippen LogP contribution in [0.3, 0.4) is 0 Å². The molecule has 3 aromatic rings. The van der Waals surface area contributed by atoms with E-state index in [-0.39, 0.29) is 46.6 Å². The molecule has 240 valence electrons. The fraction of sp³-hybridized carbons (Fsp3) is 0.625. The predicted octanol–water partition coefficient (Wildman–Crippen LogP) is 7.43. The summed E-state index contributed by atoms with van der Waals surface area (Å²) < 4.78 is 61.3. The summed E-state index contributed by atoms with van der Waals surface area (Å²) in [6.07, 6.45) is 6.22. The highest BCUT2D eigenvalue weighted by atomic mass is 32.1. The normalized spacial score (nSPS) is 29.3. The molecule has 6 aliphatic rings. The van der Waals surface area contributed by atoms with Crippen LogP contribution in [-0.4, -0.2) is 53.7 Å².